The van der Waals surface area contributed by atoms with Gasteiger partial charge in [-0.3, -0.25) is 4.79 Å². The van der Waals surface area contributed by atoms with Gasteiger partial charge in [0.25, 0.3) is 0 Å². The maximum atomic E-state index is 10.5. The van der Waals surface area contributed by atoms with E-state index in [0.29, 0.717) is 11.1 Å². The zero-order valence-electron chi connectivity index (χ0n) is 8.16. The fraction of sp³-hybridized carbons (Fsp3) is 0.273. The molecule has 0 amide bonds. The zero-order valence-corrected chi connectivity index (χ0v) is 8.16. The number of nitriles is 1. The number of benzene rings is 1. The molecule has 0 bridgehead atoms. The van der Waals surface area contributed by atoms with Crippen molar-refractivity contribution in [3.8, 4) is 6.07 Å². The van der Waals surface area contributed by atoms with Crippen LogP contribution in [0.3, 0.4) is 0 Å². The van der Waals surface area contributed by atoms with Gasteiger partial charge >= 0.3 is 5.97 Å². The summed E-state index contributed by atoms with van der Waals surface area (Å²) in [7, 11) is 0. The molecule has 1 N–H and O–H groups in total. The molecule has 0 aliphatic heterocycles. The number of hydrogen-bond acceptors (Lipinski definition) is 2. The Morgan fingerprint density at radius 2 is 2.14 bits per heavy atom. The predicted molar refractivity (Wildman–Crippen MR) is 52.0 cm³/mol. The number of hydrogen-bond donors (Lipinski definition) is 1. The monoisotopic (exact) mass is 189 g/mol. The molecule has 0 saturated heterocycles. The average molecular weight is 189 g/mol. The lowest BCUT2D eigenvalue weighted by Crippen LogP contribution is -2.03. The van der Waals surface area contributed by atoms with Crippen LogP contribution in [0.2, 0.25) is 0 Å². The molecular weight excluding hydrogens is 178 g/mol. The Labute approximate surface area is 82.6 Å². The maximum Gasteiger partial charge on any atom is 0.307 e. The first-order chi connectivity index (χ1) is 6.56. The summed E-state index contributed by atoms with van der Waals surface area (Å²) in [5.74, 6) is -0.874. The molecule has 0 aliphatic carbocycles. The number of rotatable bonds is 2. The number of carboxylic acid groups (broad SMARTS) is 1. The molecule has 0 saturated carbocycles. The Morgan fingerprint density at radius 1 is 1.50 bits per heavy atom. The number of carbonyl (C=O) groups is 1. The van der Waals surface area contributed by atoms with Crippen molar-refractivity contribution in [2.75, 3.05) is 0 Å². The molecule has 72 valence electrons. The Bertz CT molecular complexity index is 416. The van der Waals surface area contributed by atoms with E-state index in [0.717, 1.165) is 11.1 Å². The van der Waals surface area contributed by atoms with Crippen molar-refractivity contribution in [1.82, 2.24) is 0 Å². The van der Waals surface area contributed by atoms with Crippen molar-refractivity contribution in [3.63, 3.8) is 0 Å². The third-order valence-corrected chi connectivity index (χ3v) is 2.24. The van der Waals surface area contributed by atoms with E-state index in [1.165, 1.54) is 0 Å². The van der Waals surface area contributed by atoms with Crippen molar-refractivity contribution in [2.45, 2.75) is 20.3 Å². The Kier molecular flexibility index (Phi) is 2.88. The molecule has 0 unspecified atom stereocenters. The molecule has 1 rings (SSSR count). The van der Waals surface area contributed by atoms with E-state index in [1.807, 2.05) is 6.92 Å². The Morgan fingerprint density at radius 3 is 2.64 bits per heavy atom. The normalized spacial score (nSPS) is 9.50. The second kappa shape index (κ2) is 3.93. The topological polar surface area (TPSA) is 61.1 Å². The van der Waals surface area contributed by atoms with E-state index in [-0.39, 0.29) is 6.42 Å². The van der Waals surface area contributed by atoms with E-state index in [2.05, 4.69) is 6.07 Å². The largest absolute Gasteiger partial charge is 0.481 e. The van der Waals surface area contributed by atoms with Gasteiger partial charge in [-0.1, -0.05) is 12.1 Å². The summed E-state index contributed by atoms with van der Waals surface area (Å²) < 4.78 is 0. The molecule has 3 nitrogen and oxygen atoms in total. The molecule has 0 aliphatic rings. The van der Waals surface area contributed by atoms with Crippen LogP contribution in [0, 0.1) is 25.2 Å². The Balaban J connectivity index is 3.23. The molecule has 0 heterocycles. The molecule has 0 atom stereocenters. The highest BCUT2D eigenvalue weighted by Gasteiger charge is 2.09. The first-order valence-electron chi connectivity index (χ1n) is 4.27. The van der Waals surface area contributed by atoms with Crippen LogP contribution in [-0.2, 0) is 11.2 Å². The predicted octanol–water partition coefficient (Wildman–Crippen LogP) is 1.80. The summed E-state index contributed by atoms with van der Waals surface area (Å²) in [6.07, 6.45) is -0.0270. The van der Waals surface area contributed by atoms with Gasteiger partial charge in [0.1, 0.15) is 0 Å². The van der Waals surface area contributed by atoms with Crippen molar-refractivity contribution < 1.29 is 9.90 Å². The minimum absolute atomic E-state index is 0.0270. The van der Waals surface area contributed by atoms with Gasteiger partial charge in [0, 0.05) is 0 Å². The number of nitrogens with zero attached hydrogens (tertiary/aromatic N) is 1. The van der Waals surface area contributed by atoms with Gasteiger partial charge in [-0.25, -0.2) is 0 Å². The highest BCUT2D eigenvalue weighted by atomic mass is 16.4. The second-order valence-corrected chi connectivity index (χ2v) is 3.22. The van der Waals surface area contributed by atoms with E-state index in [4.69, 9.17) is 10.4 Å². The summed E-state index contributed by atoms with van der Waals surface area (Å²) in [5.41, 5.74) is 2.96. The molecule has 0 radical (unpaired) electrons. The number of carboxylic acids is 1. The van der Waals surface area contributed by atoms with Gasteiger partial charge in [0.2, 0.25) is 0 Å². The SMILES string of the molecule is Cc1ccc(CC(=O)O)c(C)c1C#N. The van der Waals surface area contributed by atoms with Crippen LogP contribution in [0.15, 0.2) is 12.1 Å². The lowest BCUT2D eigenvalue weighted by molar-refractivity contribution is -0.136. The fourth-order valence-corrected chi connectivity index (χ4v) is 1.42. The molecule has 1 aromatic carbocycles. The standard InChI is InChI=1S/C11H11NO2/c1-7-3-4-9(5-11(13)14)8(2)10(7)6-12/h3-4H,5H2,1-2H3,(H,13,14). The molecule has 1 aromatic rings. The van der Waals surface area contributed by atoms with Crippen LogP contribution in [0.4, 0.5) is 0 Å². The third-order valence-electron chi connectivity index (χ3n) is 2.24. The molecule has 0 fully saturated rings. The average Bonchev–Trinajstić information content (AvgIpc) is 2.10. The van der Waals surface area contributed by atoms with Crippen molar-refractivity contribution in [2.24, 2.45) is 0 Å². The third kappa shape index (κ3) is 1.91. The van der Waals surface area contributed by atoms with Crippen LogP contribution in [0.25, 0.3) is 0 Å². The van der Waals surface area contributed by atoms with Crippen molar-refractivity contribution >= 4 is 5.97 Å². The quantitative estimate of drug-likeness (QED) is 0.771. The molecule has 0 spiro atoms. The van der Waals surface area contributed by atoms with Crippen LogP contribution in [0.5, 0.6) is 0 Å². The smallest absolute Gasteiger partial charge is 0.307 e. The fourth-order valence-electron chi connectivity index (χ4n) is 1.42. The highest BCUT2D eigenvalue weighted by molar-refractivity contribution is 5.71. The summed E-state index contributed by atoms with van der Waals surface area (Å²) >= 11 is 0. The lowest BCUT2D eigenvalue weighted by Gasteiger charge is -2.06. The minimum atomic E-state index is -0.874. The van der Waals surface area contributed by atoms with Gasteiger partial charge < -0.3 is 5.11 Å². The van der Waals surface area contributed by atoms with Gasteiger partial charge in [-0.05, 0) is 30.5 Å². The van der Waals surface area contributed by atoms with Crippen LogP contribution >= 0.6 is 0 Å². The molecule has 14 heavy (non-hydrogen) atoms. The van der Waals surface area contributed by atoms with Crippen LogP contribution in [0.1, 0.15) is 22.3 Å². The maximum absolute atomic E-state index is 10.5. The first-order valence-corrected chi connectivity index (χ1v) is 4.27. The molecule has 3 heteroatoms. The van der Waals surface area contributed by atoms with E-state index >= 15 is 0 Å². The van der Waals surface area contributed by atoms with E-state index < -0.39 is 5.97 Å². The summed E-state index contributed by atoms with van der Waals surface area (Å²) in [5, 5.41) is 17.5. The number of aliphatic carboxylic acids is 1. The van der Waals surface area contributed by atoms with Crippen LogP contribution < -0.4 is 0 Å². The van der Waals surface area contributed by atoms with Crippen LogP contribution in [-0.4, -0.2) is 11.1 Å². The lowest BCUT2D eigenvalue weighted by atomic mass is 9.97. The van der Waals surface area contributed by atoms with E-state index in [1.54, 1.807) is 19.1 Å². The summed E-state index contributed by atoms with van der Waals surface area (Å²) in [6.45, 7) is 3.62. The highest BCUT2D eigenvalue weighted by Crippen LogP contribution is 2.17. The van der Waals surface area contributed by atoms with Gasteiger partial charge in [0.15, 0.2) is 0 Å². The number of aryl methyl sites for hydroxylation is 1. The van der Waals surface area contributed by atoms with Gasteiger partial charge in [-0.15, -0.1) is 0 Å². The zero-order chi connectivity index (χ0) is 10.7. The summed E-state index contributed by atoms with van der Waals surface area (Å²) in [6, 6.07) is 5.63. The van der Waals surface area contributed by atoms with Crippen molar-refractivity contribution in [3.05, 3.63) is 34.4 Å². The Hall–Kier alpha value is -1.82. The minimum Gasteiger partial charge on any atom is -0.481 e. The molecular formula is C11H11NO2. The van der Waals surface area contributed by atoms with Gasteiger partial charge in [0.05, 0.1) is 18.1 Å². The van der Waals surface area contributed by atoms with Gasteiger partial charge in [-0.2, -0.15) is 5.26 Å². The second-order valence-electron chi connectivity index (χ2n) is 3.22. The summed E-state index contributed by atoms with van der Waals surface area (Å²) in [4.78, 5) is 10.5. The molecule has 0 aromatic heterocycles. The first kappa shape index (κ1) is 10.3. The van der Waals surface area contributed by atoms with Crippen molar-refractivity contribution in [1.29, 1.82) is 5.26 Å². The van der Waals surface area contributed by atoms with E-state index in [9.17, 15) is 4.79 Å².